The molecule has 0 saturated heterocycles. The van der Waals surface area contributed by atoms with Crippen LogP contribution in [-0.2, 0) is 13.0 Å². The van der Waals surface area contributed by atoms with Crippen LogP contribution < -0.4 is 9.47 Å². The molecule has 202 valence electrons. The maximum atomic E-state index is 14.3. The zero-order valence-electron chi connectivity index (χ0n) is 22.5. The van der Waals surface area contributed by atoms with Crippen molar-refractivity contribution in [1.82, 2.24) is 14.7 Å². The third-order valence-corrected chi connectivity index (χ3v) is 6.92. The third kappa shape index (κ3) is 6.19. The van der Waals surface area contributed by atoms with Gasteiger partial charge in [-0.05, 0) is 53.9 Å². The van der Waals surface area contributed by atoms with E-state index in [0.717, 1.165) is 17.5 Å². The maximum absolute atomic E-state index is 14.3. The van der Waals surface area contributed by atoms with Crippen molar-refractivity contribution in [3.8, 4) is 28.4 Å². The number of carbonyl (C=O) groups excluding carboxylic acids is 1. The Bertz CT molecular complexity index is 1590. The van der Waals surface area contributed by atoms with Crippen LogP contribution in [0.25, 0.3) is 16.9 Å². The number of carbonyl (C=O) groups is 1. The molecule has 0 spiro atoms. The molecule has 0 N–H and O–H groups in total. The van der Waals surface area contributed by atoms with Gasteiger partial charge in [0.25, 0.3) is 5.91 Å². The van der Waals surface area contributed by atoms with Gasteiger partial charge in [0.2, 0.25) is 0 Å². The van der Waals surface area contributed by atoms with Gasteiger partial charge in [-0.25, -0.2) is 4.68 Å². The Hall–Kier alpha value is -4.55. The van der Waals surface area contributed by atoms with Gasteiger partial charge in [-0.2, -0.15) is 5.10 Å². The number of benzene rings is 4. The summed E-state index contributed by atoms with van der Waals surface area (Å²) in [5, 5.41) is 5.43. The number of halogens is 1. The fraction of sp³-hybridized carbons (Fsp3) is 0.152. The van der Waals surface area contributed by atoms with Crippen LogP contribution in [0, 0.1) is 0 Å². The molecule has 0 saturated carbocycles. The van der Waals surface area contributed by atoms with Crippen molar-refractivity contribution in [3.63, 3.8) is 0 Å². The van der Waals surface area contributed by atoms with E-state index in [1.54, 1.807) is 37.1 Å². The molecule has 0 atom stereocenters. The molecule has 0 aliphatic rings. The molecule has 0 bridgehead atoms. The molecular formula is C33H30ClN3O3. The van der Waals surface area contributed by atoms with E-state index in [1.807, 2.05) is 83.8 Å². The Morgan fingerprint density at radius 2 is 1.55 bits per heavy atom. The molecular weight excluding hydrogens is 522 g/mol. The van der Waals surface area contributed by atoms with Crippen LogP contribution in [0.2, 0.25) is 5.02 Å². The van der Waals surface area contributed by atoms with E-state index in [0.29, 0.717) is 46.7 Å². The minimum Gasteiger partial charge on any atom is -0.497 e. The predicted molar refractivity (Wildman–Crippen MR) is 158 cm³/mol. The van der Waals surface area contributed by atoms with E-state index >= 15 is 0 Å². The van der Waals surface area contributed by atoms with Crippen LogP contribution in [-0.4, -0.2) is 41.4 Å². The first kappa shape index (κ1) is 27.0. The molecule has 7 heteroatoms. The average molecular weight is 552 g/mol. The van der Waals surface area contributed by atoms with E-state index in [4.69, 9.17) is 26.2 Å². The van der Waals surface area contributed by atoms with Crippen molar-refractivity contribution in [2.24, 2.45) is 0 Å². The summed E-state index contributed by atoms with van der Waals surface area (Å²) in [5.41, 5.74) is 4.69. The van der Waals surface area contributed by atoms with Gasteiger partial charge in [-0.15, -0.1) is 0 Å². The molecule has 1 aromatic heterocycles. The van der Waals surface area contributed by atoms with E-state index < -0.39 is 0 Å². The number of aromatic nitrogens is 2. The summed E-state index contributed by atoms with van der Waals surface area (Å²) in [6.45, 7) is 1.01. The molecule has 5 aromatic rings. The number of amides is 1. The van der Waals surface area contributed by atoms with E-state index in [-0.39, 0.29) is 5.91 Å². The van der Waals surface area contributed by atoms with Gasteiger partial charge in [0.15, 0.2) is 0 Å². The van der Waals surface area contributed by atoms with Crippen molar-refractivity contribution in [1.29, 1.82) is 0 Å². The third-order valence-electron chi connectivity index (χ3n) is 6.68. The number of nitrogens with zero attached hydrogens (tertiary/aromatic N) is 3. The van der Waals surface area contributed by atoms with Crippen LogP contribution >= 0.6 is 11.6 Å². The summed E-state index contributed by atoms with van der Waals surface area (Å²) < 4.78 is 12.7. The molecule has 1 heterocycles. The number of methoxy groups -OCH3 is 2. The quantitative estimate of drug-likeness (QED) is 0.186. The molecule has 5 rings (SSSR count). The fourth-order valence-corrected chi connectivity index (χ4v) is 4.79. The Kier molecular flexibility index (Phi) is 8.47. The largest absolute Gasteiger partial charge is 0.497 e. The first-order valence-electron chi connectivity index (χ1n) is 13.0. The van der Waals surface area contributed by atoms with Crippen LogP contribution in [0.4, 0.5) is 0 Å². The highest BCUT2D eigenvalue weighted by molar-refractivity contribution is 6.30. The molecule has 4 aromatic carbocycles. The highest BCUT2D eigenvalue weighted by atomic mass is 35.5. The van der Waals surface area contributed by atoms with E-state index in [2.05, 4.69) is 12.1 Å². The van der Waals surface area contributed by atoms with Crippen LogP contribution in [0.5, 0.6) is 11.5 Å². The van der Waals surface area contributed by atoms with Crippen LogP contribution in [0.3, 0.4) is 0 Å². The molecule has 0 fully saturated rings. The van der Waals surface area contributed by atoms with Crippen molar-refractivity contribution in [2.45, 2.75) is 13.0 Å². The summed E-state index contributed by atoms with van der Waals surface area (Å²) in [6.07, 6.45) is 0.726. The molecule has 0 aliphatic heterocycles. The molecule has 6 nitrogen and oxygen atoms in total. The van der Waals surface area contributed by atoms with E-state index in [9.17, 15) is 4.79 Å². The minimum atomic E-state index is -0.133. The van der Waals surface area contributed by atoms with Gasteiger partial charge < -0.3 is 14.4 Å². The lowest BCUT2D eigenvalue weighted by Gasteiger charge is -2.23. The second-order valence-electron chi connectivity index (χ2n) is 9.32. The van der Waals surface area contributed by atoms with Crippen LogP contribution in [0.15, 0.2) is 109 Å². The lowest BCUT2D eigenvalue weighted by Crippen LogP contribution is -2.34. The van der Waals surface area contributed by atoms with Crippen molar-refractivity contribution >= 4 is 17.5 Å². The summed E-state index contributed by atoms with van der Waals surface area (Å²) >= 11 is 6.35. The first-order valence-corrected chi connectivity index (χ1v) is 13.4. The lowest BCUT2D eigenvalue weighted by atomic mass is 10.1. The smallest absolute Gasteiger partial charge is 0.272 e. The topological polar surface area (TPSA) is 56.6 Å². The summed E-state index contributed by atoms with van der Waals surface area (Å²) in [5.74, 6) is 1.13. The number of hydrogen-bond donors (Lipinski definition) is 0. The monoisotopic (exact) mass is 551 g/mol. The second-order valence-corrected chi connectivity index (χ2v) is 9.76. The Balaban J connectivity index is 1.58. The predicted octanol–water partition coefficient (Wildman–Crippen LogP) is 7.10. The Morgan fingerprint density at radius 1 is 0.825 bits per heavy atom. The van der Waals surface area contributed by atoms with Gasteiger partial charge in [0, 0.05) is 29.7 Å². The molecule has 40 heavy (non-hydrogen) atoms. The average Bonchev–Trinajstić information content (AvgIpc) is 3.45. The van der Waals surface area contributed by atoms with E-state index in [1.165, 1.54) is 5.56 Å². The van der Waals surface area contributed by atoms with Gasteiger partial charge in [-0.1, -0.05) is 78.3 Å². The van der Waals surface area contributed by atoms with Gasteiger partial charge in [0.05, 0.1) is 25.6 Å². The number of hydrogen-bond acceptors (Lipinski definition) is 4. The minimum absolute atomic E-state index is 0.133. The van der Waals surface area contributed by atoms with Gasteiger partial charge >= 0.3 is 0 Å². The standard InChI is InChI=1S/C33H30ClN3O3/c1-39-28-16-17-29(32(21-28)40-2)30-22-31(37(35-30)27-15-9-14-26(34)20-27)33(38)36(23-25-12-7-4-8-13-25)19-18-24-10-5-3-6-11-24/h3-17,20-22H,18-19,23H2,1-2H3. The summed E-state index contributed by atoms with van der Waals surface area (Å²) in [4.78, 5) is 16.2. The van der Waals surface area contributed by atoms with Crippen molar-refractivity contribution in [2.75, 3.05) is 20.8 Å². The first-order chi connectivity index (χ1) is 19.6. The zero-order valence-corrected chi connectivity index (χ0v) is 23.2. The highest BCUT2D eigenvalue weighted by Gasteiger charge is 2.24. The maximum Gasteiger partial charge on any atom is 0.272 e. The molecule has 0 radical (unpaired) electrons. The Labute approximate surface area is 239 Å². The number of rotatable bonds is 10. The fourth-order valence-electron chi connectivity index (χ4n) is 4.61. The normalized spacial score (nSPS) is 10.8. The summed E-state index contributed by atoms with van der Waals surface area (Å²) in [6, 6.07) is 34.9. The molecule has 0 unspecified atom stereocenters. The van der Waals surface area contributed by atoms with Crippen LogP contribution in [0.1, 0.15) is 21.6 Å². The molecule has 1 amide bonds. The highest BCUT2D eigenvalue weighted by Crippen LogP contribution is 2.34. The van der Waals surface area contributed by atoms with Gasteiger partial charge in [-0.3, -0.25) is 4.79 Å². The molecule has 0 aliphatic carbocycles. The SMILES string of the molecule is COc1ccc(-c2cc(C(=O)N(CCc3ccccc3)Cc3ccccc3)n(-c3cccc(Cl)c3)n2)c(OC)c1. The summed E-state index contributed by atoms with van der Waals surface area (Å²) in [7, 11) is 3.21. The Morgan fingerprint density at radius 3 is 2.23 bits per heavy atom. The zero-order chi connectivity index (χ0) is 27.9. The lowest BCUT2D eigenvalue weighted by molar-refractivity contribution is 0.0736. The van der Waals surface area contributed by atoms with Crippen molar-refractivity contribution in [3.05, 3.63) is 131 Å². The second kappa shape index (κ2) is 12.5. The van der Waals surface area contributed by atoms with Crippen molar-refractivity contribution < 1.29 is 14.3 Å². The number of ether oxygens (including phenoxy) is 2. The van der Waals surface area contributed by atoms with Gasteiger partial charge in [0.1, 0.15) is 17.2 Å².